The number of phenolic OH excluding ortho intramolecular Hbond substituents is 1. The number of ether oxygens (including phenoxy) is 3. The summed E-state index contributed by atoms with van der Waals surface area (Å²) in [5, 5.41) is 10.1. The van der Waals surface area contributed by atoms with E-state index in [4.69, 9.17) is 14.2 Å². The fourth-order valence-electron chi connectivity index (χ4n) is 3.36. The summed E-state index contributed by atoms with van der Waals surface area (Å²) in [5.74, 6) is 0.177. The van der Waals surface area contributed by atoms with Crippen molar-refractivity contribution >= 4 is 18.3 Å². The van der Waals surface area contributed by atoms with Gasteiger partial charge >= 0.3 is 5.97 Å². The van der Waals surface area contributed by atoms with Crippen LogP contribution in [0.5, 0.6) is 28.7 Å². The van der Waals surface area contributed by atoms with Gasteiger partial charge in [-0.15, -0.1) is 0 Å². The van der Waals surface area contributed by atoms with Crippen molar-refractivity contribution in [2.24, 2.45) is 0 Å². The highest BCUT2D eigenvalue weighted by molar-refractivity contribution is 6.01. The highest BCUT2D eigenvalue weighted by Gasteiger charge is 2.33. The van der Waals surface area contributed by atoms with Crippen LogP contribution >= 0.6 is 0 Å². The quantitative estimate of drug-likeness (QED) is 0.459. The average Bonchev–Trinajstić information content (AvgIpc) is 2.71. The van der Waals surface area contributed by atoms with Crippen molar-refractivity contribution in [3.63, 3.8) is 0 Å². The monoisotopic (exact) mass is 366 g/mol. The van der Waals surface area contributed by atoms with Crippen LogP contribution in [0.2, 0.25) is 0 Å². The summed E-state index contributed by atoms with van der Waals surface area (Å²) >= 11 is 0. The van der Waals surface area contributed by atoms with Gasteiger partial charge in [0.05, 0.1) is 5.56 Å². The van der Waals surface area contributed by atoms with E-state index in [-0.39, 0.29) is 34.1 Å². The Hall–Kier alpha value is -3.28. The molecule has 0 atom stereocenters. The molecule has 0 aromatic heterocycles. The summed E-state index contributed by atoms with van der Waals surface area (Å²) in [4.78, 5) is 24.2. The first-order chi connectivity index (χ1) is 12.7. The molecule has 2 heterocycles. The number of carbonyl (C=O) groups excluding carboxylic acids is 2. The van der Waals surface area contributed by atoms with Crippen LogP contribution < -0.4 is 14.2 Å². The molecule has 27 heavy (non-hydrogen) atoms. The SMILES string of the molecule is Cc1cc(O)c(C=O)c2c1C(=O)Oc1c(cc3c(c1C)C=CC(C)(C)O3)O2. The van der Waals surface area contributed by atoms with Crippen LogP contribution in [0.25, 0.3) is 6.08 Å². The second kappa shape index (κ2) is 5.61. The van der Waals surface area contributed by atoms with Crippen molar-refractivity contribution in [2.75, 3.05) is 0 Å². The van der Waals surface area contributed by atoms with Crippen LogP contribution in [0.1, 0.15) is 51.3 Å². The molecule has 4 rings (SSSR count). The summed E-state index contributed by atoms with van der Waals surface area (Å²) in [7, 11) is 0. The van der Waals surface area contributed by atoms with E-state index in [0.717, 1.165) is 5.56 Å². The predicted octanol–water partition coefficient (Wildman–Crippen LogP) is 4.33. The number of aldehydes is 1. The van der Waals surface area contributed by atoms with Crippen LogP contribution in [-0.2, 0) is 0 Å². The van der Waals surface area contributed by atoms with E-state index in [2.05, 4.69) is 0 Å². The number of hydrogen-bond acceptors (Lipinski definition) is 6. The van der Waals surface area contributed by atoms with Crippen molar-refractivity contribution in [3.05, 3.63) is 46.0 Å². The molecule has 0 saturated carbocycles. The van der Waals surface area contributed by atoms with Crippen molar-refractivity contribution in [1.82, 2.24) is 0 Å². The molecule has 2 aromatic carbocycles. The number of aromatic hydroxyl groups is 1. The Morgan fingerprint density at radius 1 is 1.07 bits per heavy atom. The average molecular weight is 366 g/mol. The van der Waals surface area contributed by atoms with E-state index in [9.17, 15) is 14.7 Å². The fourth-order valence-corrected chi connectivity index (χ4v) is 3.36. The minimum atomic E-state index is -0.645. The van der Waals surface area contributed by atoms with Gasteiger partial charge in [0.15, 0.2) is 23.5 Å². The van der Waals surface area contributed by atoms with Crippen molar-refractivity contribution < 1.29 is 28.9 Å². The summed E-state index contributed by atoms with van der Waals surface area (Å²) in [6.45, 7) is 7.30. The van der Waals surface area contributed by atoms with Crippen LogP contribution in [0.3, 0.4) is 0 Å². The number of phenols is 1. The van der Waals surface area contributed by atoms with Gasteiger partial charge in [0.2, 0.25) is 0 Å². The van der Waals surface area contributed by atoms with Gasteiger partial charge in [-0.3, -0.25) is 4.79 Å². The predicted molar refractivity (Wildman–Crippen MR) is 98.2 cm³/mol. The number of benzene rings is 2. The standard InChI is InChI=1S/C21H18O6/c1-10-7-14(23)13(9-22)19-17(10)20(24)26-18-11(2)12-5-6-21(3,4)27-15(12)8-16(18)25-19/h5-9,23H,1-4H3. The molecule has 2 aliphatic heterocycles. The van der Waals surface area contributed by atoms with Crippen molar-refractivity contribution in [3.8, 4) is 28.7 Å². The molecule has 2 aromatic rings. The van der Waals surface area contributed by atoms with Crippen LogP contribution in [0.4, 0.5) is 0 Å². The maximum Gasteiger partial charge on any atom is 0.347 e. The zero-order valence-corrected chi connectivity index (χ0v) is 15.4. The second-order valence-electron chi connectivity index (χ2n) is 7.22. The Kier molecular flexibility index (Phi) is 3.56. The minimum Gasteiger partial charge on any atom is -0.507 e. The lowest BCUT2D eigenvalue weighted by molar-refractivity contribution is 0.0735. The van der Waals surface area contributed by atoms with E-state index < -0.39 is 11.6 Å². The van der Waals surface area contributed by atoms with Gasteiger partial charge in [-0.05, 0) is 45.4 Å². The zero-order chi connectivity index (χ0) is 19.5. The number of hydrogen-bond donors (Lipinski definition) is 1. The van der Waals surface area contributed by atoms with Gasteiger partial charge in [0.1, 0.15) is 22.7 Å². The smallest absolute Gasteiger partial charge is 0.347 e. The molecule has 0 spiro atoms. The first-order valence-electron chi connectivity index (χ1n) is 8.49. The molecule has 0 amide bonds. The Labute approximate surface area is 156 Å². The number of esters is 1. The first kappa shape index (κ1) is 17.1. The first-order valence-corrected chi connectivity index (χ1v) is 8.49. The van der Waals surface area contributed by atoms with Gasteiger partial charge in [-0.25, -0.2) is 4.79 Å². The number of carbonyl (C=O) groups is 2. The number of fused-ring (bicyclic) bond motifs is 3. The van der Waals surface area contributed by atoms with Crippen molar-refractivity contribution in [2.45, 2.75) is 33.3 Å². The van der Waals surface area contributed by atoms with E-state index >= 15 is 0 Å². The van der Waals surface area contributed by atoms with Crippen LogP contribution in [-0.4, -0.2) is 23.0 Å². The summed E-state index contributed by atoms with van der Waals surface area (Å²) in [6, 6.07) is 2.98. The van der Waals surface area contributed by atoms with E-state index in [1.54, 1.807) is 19.9 Å². The lowest BCUT2D eigenvalue weighted by Crippen LogP contribution is -2.27. The molecule has 6 nitrogen and oxygen atoms in total. The molecule has 138 valence electrons. The molecular formula is C21H18O6. The van der Waals surface area contributed by atoms with Gasteiger partial charge in [-0.2, -0.15) is 0 Å². The Balaban J connectivity index is 1.97. The normalized spacial score (nSPS) is 16.1. The maximum atomic E-state index is 12.7. The second-order valence-corrected chi connectivity index (χ2v) is 7.22. The molecule has 0 saturated heterocycles. The maximum absolute atomic E-state index is 12.7. The number of rotatable bonds is 1. The highest BCUT2D eigenvalue weighted by Crippen LogP contribution is 2.48. The van der Waals surface area contributed by atoms with E-state index in [1.165, 1.54) is 6.07 Å². The van der Waals surface area contributed by atoms with Gasteiger partial charge in [0, 0.05) is 17.2 Å². The molecule has 1 N–H and O–H groups in total. The van der Waals surface area contributed by atoms with Crippen molar-refractivity contribution in [1.29, 1.82) is 0 Å². The molecular weight excluding hydrogens is 348 g/mol. The van der Waals surface area contributed by atoms with E-state index in [1.807, 2.05) is 26.0 Å². The molecule has 0 aliphatic carbocycles. The third-order valence-corrected chi connectivity index (χ3v) is 4.74. The molecule has 2 aliphatic rings. The topological polar surface area (TPSA) is 82.1 Å². The van der Waals surface area contributed by atoms with E-state index in [0.29, 0.717) is 23.2 Å². The summed E-state index contributed by atoms with van der Waals surface area (Å²) in [6.07, 6.45) is 4.31. The van der Waals surface area contributed by atoms with Crippen LogP contribution in [0, 0.1) is 13.8 Å². The molecule has 0 unspecified atom stereocenters. The lowest BCUT2D eigenvalue weighted by Gasteiger charge is -2.29. The summed E-state index contributed by atoms with van der Waals surface area (Å²) in [5.41, 5.74) is 1.45. The molecule has 0 radical (unpaired) electrons. The largest absolute Gasteiger partial charge is 0.507 e. The minimum absolute atomic E-state index is 0.0174. The molecule has 0 fully saturated rings. The van der Waals surface area contributed by atoms with Gasteiger partial charge in [0.25, 0.3) is 0 Å². The van der Waals surface area contributed by atoms with Gasteiger partial charge in [-0.1, -0.05) is 6.08 Å². The Bertz CT molecular complexity index is 1050. The third-order valence-electron chi connectivity index (χ3n) is 4.74. The van der Waals surface area contributed by atoms with Gasteiger partial charge < -0.3 is 19.3 Å². The zero-order valence-electron chi connectivity index (χ0n) is 15.4. The Morgan fingerprint density at radius 3 is 2.52 bits per heavy atom. The summed E-state index contributed by atoms with van der Waals surface area (Å²) < 4.78 is 17.5. The Morgan fingerprint density at radius 2 is 1.81 bits per heavy atom. The molecule has 0 bridgehead atoms. The number of aryl methyl sites for hydroxylation is 1. The fraction of sp³-hybridized carbons (Fsp3) is 0.238. The lowest BCUT2D eigenvalue weighted by atomic mass is 9.98. The molecule has 6 heteroatoms. The van der Waals surface area contributed by atoms with Crippen LogP contribution in [0.15, 0.2) is 18.2 Å². The highest BCUT2D eigenvalue weighted by atomic mass is 16.6. The third kappa shape index (κ3) is 2.56.